The van der Waals surface area contributed by atoms with Crippen LogP contribution in [0.3, 0.4) is 0 Å². The van der Waals surface area contributed by atoms with Crippen LogP contribution < -0.4 is 14.2 Å². The van der Waals surface area contributed by atoms with Crippen LogP contribution in [0.5, 0.6) is 17.2 Å². The molecule has 0 aliphatic heterocycles. The number of methoxy groups -OCH3 is 3. The number of benzene rings is 1. The third-order valence-corrected chi connectivity index (χ3v) is 2.50. The molecule has 0 aromatic heterocycles. The maximum absolute atomic E-state index is 11.0. The van der Waals surface area contributed by atoms with Crippen LogP contribution in [0, 0.1) is 0 Å². The van der Waals surface area contributed by atoms with Crippen LogP contribution in [0.1, 0.15) is 15.9 Å². The fourth-order valence-electron chi connectivity index (χ4n) is 1.47. The van der Waals surface area contributed by atoms with Gasteiger partial charge in [0.2, 0.25) is 5.75 Å². The summed E-state index contributed by atoms with van der Waals surface area (Å²) < 4.78 is 15.4. The highest BCUT2D eigenvalue weighted by atomic mass is 35.5. The van der Waals surface area contributed by atoms with Gasteiger partial charge in [-0.2, -0.15) is 0 Å². The summed E-state index contributed by atoms with van der Waals surface area (Å²) in [5, 5.41) is 0. The average molecular weight is 245 g/mol. The molecule has 0 spiro atoms. The van der Waals surface area contributed by atoms with Gasteiger partial charge in [0.25, 0.3) is 0 Å². The number of ether oxygens (including phenoxy) is 3. The number of rotatable bonds is 5. The van der Waals surface area contributed by atoms with Crippen molar-refractivity contribution in [3.05, 3.63) is 17.2 Å². The van der Waals surface area contributed by atoms with E-state index in [1.807, 2.05) is 0 Å². The lowest BCUT2D eigenvalue weighted by molar-refractivity contribution is 0.111. The molecule has 5 heteroatoms. The number of halogens is 1. The van der Waals surface area contributed by atoms with Crippen LogP contribution in [0.25, 0.3) is 0 Å². The Morgan fingerprint density at radius 2 is 1.81 bits per heavy atom. The molecule has 0 aliphatic carbocycles. The van der Waals surface area contributed by atoms with Crippen molar-refractivity contribution in [1.29, 1.82) is 0 Å². The third kappa shape index (κ3) is 2.07. The summed E-state index contributed by atoms with van der Waals surface area (Å²) in [5.74, 6) is 1.42. The number of aldehydes is 1. The summed E-state index contributed by atoms with van der Waals surface area (Å²) in [6, 6.07) is 1.66. The summed E-state index contributed by atoms with van der Waals surface area (Å²) in [6.45, 7) is 0. The van der Waals surface area contributed by atoms with Gasteiger partial charge >= 0.3 is 0 Å². The molecule has 1 aromatic carbocycles. The van der Waals surface area contributed by atoms with Crippen LogP contribution in [0.15, 0.2) is 6.07 Å². The van der Waals surface area contributed by atoms with Crippen LogP contribution in [0.2, 0.25) is 0 Å². The van der Waals surface area contributed by atoms with Gasteiger partial charge in [0.05, 0.1) is 26.9 Å². The third-order valence-electron chi connectivity index (χ3n) is 2.22. The Hall–Kier alpha value is -1.42. The summed E-state index contributed by atoms with van der Waals surface area (Å²) in [7, 11) is 4.45. The highest BCUT2D eigenvalue weighted by molar-refractivity contribution is 6.17. The van der Waals surface area contributed by atoms with Crippen molar-refractivity contribution in [2.45, 2.75) is 5.88 Å². The molecule has 0 bridgehead atoms. The van der Waals surface area contributed by atoms with E-state index in [2.05, 4.69) is 0 Å². The van der Waals surface area contributed by atoms with E-state index >= 15 is 0 Å². The van der Waals surface area contributed by atoms with E-state index in [1.54, 1.807) is 6.07 Å². The zero-order valence-corrected chi connectivity index (χ0v) is 10.1. The zero-order valence-electron chi connectivity index (χ0n) is 9.37. The summed E-state index contributed by atoms with van der Waals surface area (Å²) in [6.07, 6.45) is 0.693. The first-order valence-electron chi connectivity index (χ1n) is 4.56. The molecule has 0 atom stereocenters. The van der Waals surface area contributed by atoms with E-state index in [-0.39, 0.29) is 5.88 Å². The Kier molecular flexibility index (Phi) is 4.43. The highest BCUT2D eigenvalue weighted by Gasteiger charge is 2.19. The lowest BCUT2D eigenvalue weighted by Gasteiger charge is -2.15. The molecule has 4 nitrogen and oxygen atoms in total. The molecule has 0 fully saturated rings. The second-order valence-corrected chi connectivity index (χ2v) is 3.24. The van der Waals surface area contributed by atoms with E-state index in [1.165, 1.54) is 21.3 Å². The van der Waals surface area contributed by atoms with Gasteiger partial charge in [0.1, 0.15) is 0 Å². The minimum Gasteiger partial charge on any atom is -0.493 e. The molecule has 1 rings (SSSR count). The average Bonchev–Trinajstić information content (AvgIpc) is 2.35. The lowest BCUT2D eigenvalue weighted by Crippen LogP contribution is -2.01. The Morgan fingerprint density at radius 3 is 2.19 bits per heavy atom. The van der Waals surface area contributed by atoms with Crippen molar-refractivity contribution in [2.24, 2.45) is 0 Å². The van der Waals surface area contributed by atoms with E-state index < -0.39 is 0 Å². The van der Waals surface area contributed by atoms with Gasteiger partial charge in [-0.25, -0.2) is 0 Å². The van der Waals surface area contributed by atoms with Crippen molar-refractivity contribution < 1.29 is 19.0 Å². The van der Waals surface area contributed by atoms with E-state index in [0.717, 1.165) is 0 Å². The minimum atomic E-state index is 0.199. The lowest BCUT2D eigenvalue weighted by atomic mass is 10.1. The smallest absolute Gasteiger partial charge is 0.204 e. The Morgan fingerprint density at radius 1 is 1.19 bits per heavy atom. The normalized spacial score (nSPS) is 9.75. The number of hydrogen-bond acceptors (Lipinski definition) is 4. The molecule has 0 amide bonds. The molecular weight excluding hydrogens is 232 g/mol. The Bertz CT molecular complexity index is 390. The molecule has 0 heterocycles. The van der Waals surface area contributed by atoms with Crippen molar-refractivity contribution >= 4 is 17.9 Å². The molecule has 0 saturated heterocycles. The molecular formula is C11H13ClO4. The number of carbonyl (C=O) groups excluding carboxylic acids is 1. The second-order valence-electron chi connectivity index (χ2n) is 2.97. The van der Waals surface area contributed by atoms with Crippen LogP contribution in [-0.2, 0) is 5.88 Å². The van der Waals surface area contributed by atoms with Crippen molar-refractivity contribution in [1.82, 2.24) is 0 Å². The monoisotopic (exact) mass is 244 g/mol. The molecule has 0 unspecified atom stereocenters. The fourth-order valence-corrected chi connectivity index (χ4v) is 1.69. The molecule has 0 saturated carbocycles. The molecule has 0 radical (unpaired) electrons. The summed E-state index contributed by atoms with van der Waals surface area (Å²) in [5.41, 5.74) is 1.03. The minimum absolute atomic E-state index is 0.199. The topological polar surface area (TPSA) is 44.8 Å². The highest BCUT2D eigenvalue weighted by Crippen LogP contribution is 2.41. The van der Waals surface area contributed by atoms with Crippen LogP contribution in [-0.4, -0.2) is 27.6 Å². The van der Waals surface area contributed by atoms with E-state index in [0.29, 0.717) is 34.7 Å². The SMILES string of the molecule is COc1cc(CCl)c(C=O)c(OC)c1OC. The number of carbonyl (C=O) groups is 1. The van der Waals surface area contributed by atoms with E-state index in [4.69, 9.17) is 25.8 Å². The van der Waals surface area contributed by atoms with E-state index in [9.17, 15) is 4.79 Å². The first-order valence-corrected chi connectivity index (χ1v) is 5.09. The maximum Gasteiger partial charge on any atom is 0.204 e. The predicted molar refractivity (Wildman–Crippen MR) is 61.0 cm³/mol. The van der Waals surface area contributed by atoms with Crippen LogP contribution in [0.4, 0.5) is 0 Å². The number of alkyl halides is 1. The quantitative estimate of drug-likeness (QED) is 0.589. The van der Waals surface area contributed by atoms with Gasteiger partial charge < -0.3 is 14.2 Å². The molecule has 0 aliphatic rings. The molecule has 16 heavy (non-hydrogen) atoms. The Balaban J connectivity index is 3.54. The molecule has 0 N–H and O–H groups in total. The fraction of sp³-hybridized carbons (Fsp3) is 0.364. The summed E-state index contributed by atoms with van der Waals surface area (Å²) in [4.78, 5) is 11.0. The van der Waals surface area contributed by atoms with Crippen LogP contribution >= 0.6 is 11.6 Å². The van der Waals surface area contributed by atoms with Crippen molar-refractivity contribution in [3.63, 3.8) is 0 Å². The predicted octanol–water partition coefficient (Wildman–Crippen LogP) is 2.26. The first kappa shape index (κ1) is 12.6. The second kappa shape index (κ2) is 5.61. The van der Waals surface area contributed by atoms with Gasteiger partial charge in [0, 0.05) is 5.88 Å². The Labute approximate surface area is 99.1 Å². The standard InChI is InChI=1S/C11H13ClO4/c1-14-9-4-7(5-12)8(6-13)10(15-2)11(9)16-3/h4,6H,5H2,1-3H3. The van der Waals surface area contributed by atoms with Gasteiger partial charge in [0.15, 0.2) is 17.8 Å². The van der Waals surface area contributed by atoms with Gasteiger partial charge in [-0.15, -0.1) is 11.6 Å². The largest absolute Gasteiger partial charge is 0.493 e. The van der Waals surface area contributed by atoms with Crippen molar-refractivity contribution in [2.75, 3.05) is 21.3 Å². The van der Waals surface area contributed by atoms with Gasteiger partial charge in [-0.05, 0) is 11.6 Å². The molecule has 1 aromatic rings. The number of hydrogen-bond donors (Lipinski definition) is 0. The van der Waals surface area contributed by atoms with Gasteiger partial charge in [-0.3, -0.25) is 4.79 Å². The maximum atomic E-state index is 11.0. The zero-order chi connectivity index (χ0) is 12.1. The van der Waals surface area contributed by atoms with Gasteiger partial charge in [-0.1, -0.05) is 0 Å². The summed E-state index contributed by atoms with van der Waals surface area (Å²) >= 11 is 5.75. The van der Waals surface area contributed by atoms with Crippen molar-refractivity contribution in [3.8, 4) is 17.2 Å². The molecule has 88 valence electrons. The first-order chi connectivity index (χ1) is 7.73.